The molecule has 0 unspecified atom stereocenters. The zero-order valence-corrected chi connectivity index (χ0v) is 21.6. The fraction of sp³-hybridized carbons (Fsp3) is 0.355. The molecule has 3 aromatic carbocycles. The second kappa shape index (κ2) is 11.2. The molecule has 0 aliphatic carbocycles. The van der Waals surface area contributed by atoms with Crippen molar-refractivity contribution in [2.45, 2.75) is 31.7 Å². The standard InChI is InChI=1S/C31H36N4O2/c1-25(36)34-18-16-31(17-19-34,27-10-6-3-7-11-27)30(37)32-28-12-14-29(15-13-28)35-22-20-33(21-23-35)24-26-8-4-2-5-9-26/h2-15H,16-24H2,1H3,(H,32,37). The molecular weight excluding hydrogens is 460 g/mol. The summed E-state index contributed by atoms with van der Waals surface area (Å²) in [6.07, 6.45) is 1.24. The summed E-state index contributed by atoms with van der Waals surface area (Å²) in [6.45, 7) is 7.81. The van der Waals surface area contributed by atoms with Crippen molar-refractivity contribution in [2.75, 3.05) is 49.5 Å². The van der Waals surface area contributed by atoms with Gasteiger partial charge in [-0.05, 0) is 48.2 Å². The Morgan fingerprint density at radius 2 is 1.35 bits per heavy atom. The van der Waals surface area contributed by atoms with Gasteiger partial charge in [0.1, 0.15) is 0 Å². The molecule has 2 amide bonds. The highest BCUT2D eigenvalue weighted by Gasteiger charge is 2.43. The lowest BCUT2D eigenvalue weighted by molar-refractivity contribution is -0.133. The second-order valence-corrected chi connectivity index (χ2v) is 10.2. The van der Waals surface area contributed by atoms with Gasteiger partial charge >= 0.3 is 0 Å². The summed E-state index contributed by atoms with van der Waals surface area (Å²) in [5.74, 6) is 0.0720. The molecule has 0 bridgehead atoms. The number of anilines is 2. The van der Waals surface area contributed by atoms with Crippen molar-refractivity contribution in [3.8, 4) is 0 Å². The number of benzene rings is 3. The number of hydrogen-bond donors (Lipinski definition) is 1. The predicted molar refractivity (Wildman–Crippen MR) is 149 cm³/mol. The molecule has 2 fully saturated rings. The molecule has 0 radical (unpaired) electrons. The number of rotatable bonds is 6. The summed E-state index contributed by atoms with van der Waals surface area (Å²) in [7, 11) is 0. The molecule has 2 aliphatic heterocycles. The van der Waals surface area contributed by atoms with Crippen molar-refractivity contribution in [3.63, 3.8) is 0 Å². The Kier molecular flexibility index (Phi) is 7.56. The molecule has 6 nitrogen and oxygen atoms in total. The van der Waals surface area contributed by atoms with Crippen molar-refractivity contribution in [2.24, 2.45) is 0 Å². The Hall–Kier alpha value is -3.64. The minimum absolute atomic E-state index is 0.00387. The van der Waals surface area contributed by atoms with Crippen molar-refractivity contribution >= 4 is 23.2 Å². The van der Waals surface area contributed by atoms with Crippen LogP contribution in [0.25, 0.3) is 0 Å². The SMILES string of the molecule is CC(=O)N1CCC(C(=O)Nc2ccc(N3CCN(Cc4ccccc4)CC3)cc2)(c2ccccc2)CC1. The molecule has 0 aromatic heterocycles. The number of nitrogens with zero attached hydrogens (tertiary/aromatic N) is 3. The van der Waals surface area contributed by atoms with Crippen molar-refractivity contribution < 1.29 is 9.59 Å². The summed E-state index contributed by atoms with van der Waals surface area (Å²) < 4.78 is 0. The average molecular weight is 497 g/mol. The van der Waals surface area contributed by atoms with E-state index in [1.165, 1.54) is 11.3 Å². The van der Waals surface area contributed by atoms with E-state index in [-0.39, 0.29) is 11.8 Å². The Morgan fingerprint density at radius 1 is 0.757 bits per heavy atom. The molecular formula is C31H36N4O2. The highest BCUT2D eigenvalue weighted by molar-refractivity contribution is 5.99. The van der Waals surface area contributed by atoms with E-state index < -0.39 is 5.41 Å². The third-order valence-electron chi connectivity index (χ3n) is 7.93. The average Bonchev–Trinajstić information content (AvgIpc) is 2.95. The summed E-state index contributed by atoms with van der Waals surface area (Å²) in [5.41, 5.74) is 3.73. The van der Waals surface area contributed by atoms with Crippen LogP contribution < -0.4 is 10.2 Å². The third-order valence-corrected chi connectivity index (χ3v) is 7.93. The van der Waals surface area contributed by atoms with Gasteiger partial charge in [0.2, 0.25) is 11.8 Å². The van der Waals surface area contributed by atoms with Crippen molar-refractivity contribution in [3.05, 3.63) is 96.1 Å². The van der Waals surface area contributed by atoms with Crippen LogP contribution in [-0.2, 0) is 21.5 Å². The number of hydrogen-bond acceptors (Lipinski definition) is 4. The van der Waals surface area contributed by atoms with Crippen molar-refractivity contribution in [1.82, 2.24) is 9.80 Å². The number of piperidine rings is 1. The number of amides is 2. The number of piperazine rings is 1. The van der Waals surface area contributed by atoms with E-state index in [1.807, 2.05) is 47.4 Å². The van der Waals surface area contributed by atoms with Gasteiger partial charge in [-0.3, -0.25) is 14.5 Å². The maximum atomic E-state index is 13.7. The van der Waals surface area contributed by atoms with Gasteiger partial charge in [-0.15, -0.1) is 0 Å². The van der Waals surface area contributed by atoms with Crippen LogP contribution >= 0.6 is 0 Å². The molecule has 2 saturated heterocycles. The largest absolute Gasteiger partial charge is 0.369 e. The van der Waals surface area contributed by atoms with E-state index in [4.69, 9.17) is 0 Å². The summed E-state index contributed by atoms with van der Waals surface area (Å²) >= 11 is 0. The lowest BCUT2D eigenvalue weighted by atomic mass is 9.72. The highest BCUT2D eigenvalue weighted by atomic mass is 16.2. The molecule has 37 heavy (non-hydrogen) atoms. The molecule has 5 rings (SSSR count). The Balaban J connectivity index is 1.22. The van der Waals surface area contributed by atoms with E-state index >= 15 is 0 Å². The van der Waals surface area contributed by atoms with Gasteiger partial charge < -0.3 is 15.1 Å². The van der Waals surface area contributed by atoms with Crippen LogP contribution in [0, 0.1) is 0 Å². The smallest absolute Gasteiger partial charge is 0.235 e. The maximum absolute atomic E-state index is 13.7. The molecule has 0 atom stereocenters. The molecule has 0 spiro atoms. The van der Waals surface area contributed by atoms with Crippen molar-refractivity contribution in [1.29, 1.82) is 0 Å². The minimum atomic E-state index is -0.638. The first-order valence-corrected chi connectivity index (χ1v) is 13.3. The van der Waals surface area contributed by atoms with Crippen LogP contribution in [0.4, 0.5) is 11.4 Å². The zero-order chi connectivity index (χ0) is 25.7. The van der Waals surface area contributed by atoms with Gasteiger partial charge in [0.15, 0.2) is 0 Å². The predicted octanol–water partition coefficient (Wildman–Crippen LogP) is 4.53. The van der Waals surface area contributed by atoms with E-state index in [0.29, 0.717) is 25.9 Å². The quantitative estimate of drug-likeness (QED) is 0.545. The maximum Gasteiger partial charge on any atom is 0.235 e. The van der Waals surface area contributed by atoms with Crippen LogP contribution in [0.3, 0.4) is 0 Å². The molecule has 6 heteroatoms. The van der Waals surface area contributed by atoms with Crippen LogP contribution in [-0.4, -0.2) is 60.9 Å². The van der Waals surface area contributed by atoms with Gasteiger partial charge in [0.25, 0.3) is 0 Å². The van der Waals surface area contributed by atoms with Crippen LogP contribution in [0.2, 0.25) is 0 Å². The molecule has 192 valence electrons. The Labute approximate surface area is 219 Å². The topological polar surface area (TPSA) is 55.9 Å². The molecule has 0 saturated carbocycles. The van der Waals surface area contributed by atoms with Crippen LogP contribution in [0.5, 0.6) is 0 Å². The molecule has 3 aromatic rings. The first-order valence-electron chi connectivity index (χ1n) is 13.3. The van der Waals surface area contributed by atoms with Gasteiger partial charge in [0, 0.05) is 64.1 Å². The highest BCUT2D eigenvalue weighted by Crippen LogP contribution is 2.37. The first-order chi connectivity index (χ1) is 18.0. The second-order valence-electron chi connectivity index (χ2n) is 10.2. The van der Waals surface area contributed by atoms with Gasteiger partial charge in [-0.1, -0.05) is 60.7 Å². The fourth-order valence-electron chi connectivity index (χ4n) is 5.62. The zero-order valence-electron chi connectivity index (χ0n) is 21.6. The number of likely N-dealkylation sites (tertiary alicyclic amines) is 1. The molecule has 2 heterocycles. The van der Waals surface area contributed by atoms with Gasteiger partial charge in [-0.2, -0.15) is 0 Å². The van der Waals surface area contributed by atoms with Crippen LogP contribution in [0.15, 0.2) is 84.9 Å². The Morgan fingerprint density at radius 3 is 1.95 bits per heavy atom. The number of carbonyl (C=O) groups is 2. The number of nitrogens with one attached hydrogen (secondary N) is 1. The van der Waals surface area contributed by atoms with Gasteiger partial charge in [0.05, 0.1) is 5.41 Å². The third kappa shape index (κ3) is 5.70. The summed E-state index contributed by atoms with van der Waals surface area (Å²) in [5, 5.41) is 3.19. The Bertz CT molecular complexity index is 1180. The molecule has 2 aliphatic rings. The van der Waals surface area contributed by atoms with Gasteiger partial charge in [-0.25, -0.2) is 0 Å². The van der Waals surface area contributed by atoms with E-state index in [9.17, 15) is 9.59 Å². The van der Waals surface area contributed by atoms with E-state index in [2.05, 4.69) is 57.6 Å². The van der Waals surface area contributed by atoms with E-state index in [1.54, 1.807) is 6.92 Å². The lowest BCUT2D eigenvalue weighted by Crippen LogP contribution is -2.50. The summed E-state index contributed by atoms with van der Waals surface area (Å²) in [6, 6.07) is 28.9. The number of carbonyl (C=O) groups excluding carboxylic acids is 2. The van der Waals surface area contributed by atoms with E-state index in [0.717, 1.165) is 44.0 Å². The normalized spacial score (nSPS) is 17.9. The van der Waals surface area contributed by atoms with Crippen LogP contribution in [0.1, 0.15) is 30.9 Å². The summed E-state index contributed by atoms with van der Waals surface area (Å²) in [4.78, 5) is 32.3. The minimum Gasteiger partial charge on any atom is -0.369 e. The monoisotopic (exact) mass is 496 g/mol. The fourth-order valence-corrected chi connectivity index (χ4v) is 5.62. The first kappa shape index (κ1) is 25.0. The lowest BCUT2D eigenvalue weighted by Gasteiger charge is -2.40. The molecule has 1 N–H and O–H groups in total.